The average Bonchev–Trinajstić information content (AvgIpc) is 3.03. The summed E-state index contributed by atoms with van der Waals surface area (Å²) in [4.78, 5) is 4.36. The molecule has 3 nitrogen and oxygen atoms in total. The van der Waals surface area contributed by atoms with E-state index in [1.807, 2.05) is 12.4 Å². The van der Waals surface area contributed by atoms with Crippen molar-refractivity contribution in [3.63, 3.8) is 0 Å². The predicted molar refractivity (Wildman–Crippen MR) is 87.6 cm³/mol. The maximum absolute atomic E-state index is 5.71. The highest BCUT2D eigenvalue weighted by molar-refractivity contribution is 5.26. The van der Waals surface area contributed by atoms with Crippen molar-refractivity contribution in [3.05, 3.63) is 24.0 Å². The van der Waals surface area contributed by atoms with Crippen molar-refractivity contribution in [2.45, 2.75) is 64.8 Å². The molecule has 2 rings (SSSR count). The number of nitrogens with one attached hydrogen (secondary N) is 1. The molecule has 1 unspecified atom stereocenters. The Bertz CT molecular complexity index is 402. The van der Waals surface area contributed by atoms with Gasteiger partial charge < -0.3 is 10.1 Å². The minimum atomic E-state index is 0.410. The monoisotopic (exact) mass is 290 g/mol. The highest BCUT2D eigenvalue weighted by atomic mass is 16.5. The molecule has 0 aliphatic heterocycles. The SMILES string of the molecule is CCCOc1cncc(C(CCC2CCCC2)NCC)c1. The van der Waals surface area contributed by atoms with Gasteiger partial charge in [0, 0.05) is 12.2 Å². The fourth-order valence-electron chi connectivity index (χ4n) is 3.26. The molecule has 0 aromatic carbocycles. The van der Waals surface area contributed by atoms with Gasteiger partial charge in [0.2, 0.25) is 0 Å². The van der Waals surface area contributed by atoms with E-state index < -0.39 is 0 Å². The molecule has 0 radical (unpaired) electrons. The van der Waals surface area contributed by atoms with Crippen molar-refractivity contribution in [3.8, 4) is 5.75 Å². The summed E-state index contributed by atoms with van der Waals surface area (Å²) in [6.45, 7) is 6.06. The molecule has 1 N–H and O–H groups in total. The summed E-state index contributed by atoms with van der Waals surface area (Å²) in [5, 5.41) is 3.61. The summed E-state index contributed by atoms with van der Waals surface area (Å²) in [5.41, 5.74) is 1.27. The minimum Gasteiger partial charge on any atom is -0.492 e. The van der Waals surface area contributed by atoms with Gasteiger partial charge in [-0.25, -0.2) is 0 Å². The molecule has 118 valence electrons. The number of rotatable bonds is 9. The topological polar surface area (TPSA) is 34.1 Å². The molecule has 1 fully saturated rings. The van der Waals surface area contributed by atoms with Crippen LogP contribution < -0.4 is 10.1 Å². The maximum atomic E-state index is 5.71. The van der Waals surface area contributed by atoms with Crippen molar-refractivity contribution >= 4 is 0 Å². The Morgan fingerprint density at radius 1 is 1.29 bits per heavy atom. The Morgan fingerprint density at radius 2 is 2.10 bits per heavy atom. The number of pyridine rings is 1. The van der Waals surface area contributed by atoms with E-state index in [9.17, 15) is 0 Å². The molecule has 1 aliphatic carbocycles. The summed E-state index contributed by atoms with van der Waals surface area (Å²) in [6, 6.07) is 2.57. The summed E-state index contributed by atoms with van der Waals surface area (Å²) >= 11 is 0. The normalized spacial score (nSPS) is 17.0. The second-order valence-corrected chi connectivity index (χ2v) is 6.14. The van der Waals surface area contributed by atoms with Gasteiger partial charge in [-0.05, 0) is 43.4 Å². The van der Waals surface area contributed by atoms with Crippen LogP contribution in [0.25, 0.3) is 0 Å². The molecule has 1 saturated carbocycles. The van der Waals surface area contributed by atoms with Crippen LogP contribution in [0.5, 0.6) is 5.75 Å². The molecule has 0 spiro atoms. The van der Waals surface area contributed by atoms with Crippen LogP contribution >= 0.6 is 0 Å². The quantitative estimate of drug-likeness (QED) is 0.727. The van der Waals surface area contributed by atoms with E-state index in [1.165, 1.54) is 44.1 Å². The predicted octanol–water partition coefficient (Wildman–Crippen LogP) is 4.49. The highest BCUT2D eigenvalue weighted by Crippen LogP contribution is 2.31. The first-order valence-electron chi connectivity index (χ1n) is 8.64. The van der Waals surface area contributed by atoms with Crippen LogP contribution in [0.3, 0.4) is 0 Å². The third kappa shape index (κ3) is 5.31. The largest absolute Gasteiger partial charge is 0.492 e. The van der Waals surface area contributed by atoms with Crippen LogP contribution in [-0.4, -0.2) is 18.1 Å². The van der Waals surface area contributed by atoms with Gasteiger partial charge in [-0.2, -0.15) is 0 Å². The van der Waals surface area contributed by atoms with Crippen LogP contribution in [0.4, 0.5) is 0 Å². The van der Waals surface area contributed by atoms with Crippen LogP contribution in [0.2, 0.25) is 0 Å². The molecule has 0 bridgehead atoms. The lowest BCUT2D eigenvalue weighted by Gasteiger charge is -2.20. The fraction of sp³-hybridized carbons (Fsp3) is 0.722. The number of hydrogen-bond donors (Lipinski definition) is 1. The minimum absolute atomic E-state index is 0.410. The van der Waals surface area contributed by atoms with Gasteiger partial charge in [-0.15, -0.1) is 0 Å². The lowest BCUT2D eigenvalue weighted by molar-refractivity contribution is 0.315. The Labute approximate surface area is 129 Å². The molecule has 1 aliphatic rings. The van der Waals surface area contributed by atoms with E-state index >= 15 is 0 Å². The van der Waals surface area contributed by atoms with Crippen molar-refractivity contribution in [1.82, 2.24) is 10.3 Å². The number of ether oxygens (including phenoxy) is 1. The van der Waals surface area contributed by atoms with E-state index in [4.69, 9.17) is 4.74 Å². The van der Waals surface area contributed by atoms with Crippen LogP contribution in [0, 0.1) is 5.92 Å². The standard InChI is InChI=1S/C18H30N2O/c1-3-11-21-17-12-16(13-19-14-17)18(20-4-2)10-9-15-7-5-6-8-15/h12-15,18,20H,3-11H2,1-2H3. The Hall–Kier alpha value is -1.09. The first-order chi connectivity index (χ1) is 10.3. The molecule has 1 aromatic rings. The van der Waals surface area contributed by atoms with Gasteiger partial charge >= 0.3 is 0 Å². The summed E-state index contributed by atoms with van der Waals surface area (Å²) in [6.07, 6.45) is 13.1. The molecule has 21 heavy (non-hydrogen) atoms. The third-order valence-electron chi connectivity index (χ3n) is 4.40. The Morgan fingerprint density at radius 3 is 2.81 bits per heavy atom. The molecule has 0 saturated heterocycles. The van der Waals surface area contributed by atoms with Crippen LogP contribution in [0.1, 0.15) is 70.4 Å². The molecule has 1 aromatic heterocycles. The Kier molecular flexibility index (Phi) is 7.01. The number of aromatic nitrogens is 1. The summed E-state index contributed by atoms with van der Waals surface area (Å²) in [5.74, 6) is 1.84. The number of nitrogens with zero attached hydrogens (tertiary/aromatic N) is 1. The average molecular weight is 290 g/mol. The van der Waals surface area contributed by atoms with E-state index in [2.05, 4.69) is 30.2 Å². The zero-order valence-corrected chi connectivity index (χ0v) is 13.6. The fourth-order valence-corrected chi connectivity index (χ4v) is 3.26. The van der Waals surface area contributed by atoms with E-state index in [1.54, 1.807) is 0 Å². The van der Waals surface area contributed by atoms with Gasteiger partial charge in [-0.1, -0.05) is 39.5 Å². The summed E-state index contributed by atoms with van der Waals surface area (Å²) in [7, 11) is 0. The van der Waals surface area contributed by atoms with Gasteiger partial charge in [0.25, 0.3) is 0 Å². The molecule has 3 heteroatoms. The summed E-state index contributed by atoms with van der Waals surface area (Å²) < 4.78 is 5.71. The Balaban J connectivity index is 1.95. The third-order valence-corrected chi connectivity index (χ3v) is 4.40. The van der Waals surface area contributed by atoms with Gasteiger partial charge in [0.15, 0.2) is 0 Å². The van der Waals surface area contributed by atoms with Gasteiger partial charge in [-0.3, -0.25) is 4.98 Å². The zero-order chi connectivity index (χ0) is 14.9. The van der Waals surface area contributed by atoms with E-state index in [0.29, 0.717) is 6.04 Å². The molecular weight excluding hydrogens is 260 g/mol. The van der Waals surface area contributed by atoms with Gasteiger partial charge in [0.1, 0.15) is 5.75 Å². The molecule has 1 atom stereocenters. The van der Waals surface area contributed by atoms with Crippen molar-refractivity contribution < 1.29 is 4.74 Å². The lowest BCUT2D eigenvalue weighted by atomic mass is 9.95. The van der Waals surface area contributed by atoms with Crippen molar-refractivity contribution in [1.29, 1.82) is 0 Å². The van der Waals surface area contributed by atoms with Crippen LogP contribution in [0.15, 0.2) is 18.5 Å². The maximum Gasteiger partial charge on any atom is 0.137 e. The molecular formula is C18H30N2O. The van der Waals surface area contributed by atoms with Gasteiger partial charge in [0.05, 0.1) is 12.8 Å². The van der Waals surface area contributed by atoms with E-state index in [0.717, 1.165) is 31.2 Å². The smallest absolute Gasteiger partial charge is 0.137 e. The molecule has 1 heterocycles. The zero-order valence-electron chi connectivity index (χ0n) is 13.6. The van der Waals surface area contributed by atoms with Crippen LogP contribution in [-0.2, 0) is 0 Å². The molecule has 0 amide bonds. The second-order valence-electron chi connectivity index (χ2n) is 6.14. The first-order valence-corrected chi connectivity index (χ1v) is 8.64. The lowest BCUT2D eigenvalue weighted by Crippen LogP contribution is -2.21. The van der Waals surface area contributed by atoms with Crippen molar-refractivity contribution in [2.75, 3.05) is 13.2 Å². The van der Waals surface area contributed by atoms with Crippen molar-refractivity contribution in [2.24, 2.45) is 5.92 Å². The highest BCUT2D eigenvalue weighted by Gasteiger charge is 2.18. The first kappa shape index (κ1) is 16.3. The second kappa shape index (κ2) is 9.04. The van der Waals surface area contributed by atoms with E-state index in [-0.39, 0.29) is 0 Å². The number of hydrogen-bond acceptors (Lipinski definition) is 3.